The van der Waals surface area contributed by atoms with Crippen molar-refractivity contribution in [2.75, 3.05) is 0 Å². The maximum Gasteiger partial charge on any atom is 0.284 e. The molecule has 1 aromatic heterocycles. The first-order valence-corrected chi connectivity index (χ1v) is 4.89. The molecule has 0 spiro atoms. The van der Waals surface area contributed by atoms with Crippen LogP contribution in [0, 0.1) is 0 Å². The van der Waals surface area contributed by atoms with Gasteiger partial charge in [0.2, 0.25) is 0 Å². The summed E-state index contributed by atoms with van der Waals surface area (Å²) in [5.74, 6) is -0.549. The molecule has 1 heterocycles. The van der Waals surface area contributed by atoms with E-state index in [-0.39, 0.29) is 5.69 Å². The minimum atomic E-state index is -2.84. The molecule has 78 valence electrons. The minimum absolute atomic E-state index is 0.148. The van der Waals surface area contributed by atoms with Gasteiger partial charge >= 0.3 is 0 Å². The number of alkyl halides is 3. The fourth-order valence-corrected chi connectivity index (χ4v) is 1.50. The Bertz CT molecular complexity index is 333. The molecule has 14 heavy (non-hydrogen) atoms. The molecule has 0 aromatic carbocycles. The Morgan fingerprint density at radius 2 is 2.14 bits per heavy atom. The first-order valence-electron chi connectivity index (χ1n) is 3.76. The number of nitrogens with zero attached hydrogens (tertiary/aromatic N) is 1. The van der Waals surface area contributed by atoms with Crippen molar-refractivity contribution >= 4 is 15.9 Å². The van der Waals surface area contributed by atoms with Gasteiger partial charge in [-0.2, -0.15) is 0 Å². The van der Waals surface area contributed by atoms with E-state index in [1.807, 2.05) is 0 Å². The molecule has 6 heteroatoms. The highest BCUT2D eigenvalue weighted by molar-refractivity contribution is 9.08. The Hall–Kier alpha value is -0.750. The van der Waals surface area contributed by atoms with Crippen molar-refractivity contribution < 1.29 is 19.0 Å². The van der Waals surface area contributed by atoms with Crippen molar-refractivity contribution in [3.63, 3.8) is 0 Å². The lowest BCUT2D eigenvalue weighted by Crippen LogP contribution is -2.01. The monoisotopic (exact) mass is 267 g/mol. The summed E-state index contributed by atoms with van der Waals surface area (Å²) in [4.78, 5) is 3.48. The van der Waals surface area contributed by atoms with E-state index in [2.05, 4.69) is 20.9 Å². The fraction of sp³-hybridized carbons (Fsp3) is 0.375. The molecule has 0 amide bonds. The number of aliphatic hydroxyl groups excluding tert-OH is 1. The smallest absolute Gasteiger partial charge is 0.284 e. The van der Waals surface area contributed by atoms with E-state index in [1.54, 1.807) is 0 Å². The van der Waals surface area contributed by atoms with Crippen LogP contribution in [0.1, 0.15) is 23.4 Å². The molecule has 0 bridgehead atoms. The zero-order valence-corrected chi connectivity index (χ0v) is 8.63. The van der Waals surface area contributed by atoms with Crippen molar-refractivity contribution in [2.45, 2.75) is 18.4 Å². The summed E-state index contributed by atoms with van der Waals surface area (Å²) < 4.78 is 24.5. The molecule has 0 radical (unpaired) electrons. The van der Waals surface area contributed by atoms with Crippen LogP contribution in [0.25, 0.3) is 0 Å². The van der Waals surface area contributed by atoms with Gasteiger partial charge in [0.15, 0.2) is 0 Å². The van der Waals surface area contributed by atoms with E-state index >= 15 is 0 Å². The molecule has 2 N–H and O–H groups in total. The van der Waals surface area contributed by atoms with Crippen LogP contribution in [0.15, 0.2) is 6.07 Å². The largest absolute Gasteiger partial charge is 0.506 e. The van der Waals surface area contributed by atoms with Crippen molar-refractivity contribution in [2.24, 2.45) is 0 Å². The Balaban J connectivity index is 3.23. The van der Waals surface area contributed by atoms with Crippen LogP contribution >= 0.6 is 15.9 Å². The molecular weight excluding hydrogens is 260 g/mol. The quantitative estimate of drug-likeness (QED) is 0.825. The molecule has 0 saturated carbocycles. The predicted octanol–water partition coefficient (Wildman–Crippen LogP) is 2.11. The van der Waals surface area contributed by atoms with Gasteiger partial charge in [-0.05, 0) is 11.6 Å². The van der Waals surface area contributed by atoms with E-state index in [4.69, 9.17) is 10.2 Å². The van der Waals surface area contributed by atoms with Crippen molar-refractivity contribution in [1.29, 1.82) is 0 Å². The average Bonchev–Trinajstić information content (AvgIpc) is 2.16. The maximum absolute atomic E-state index is 12.3. The Labute approximate surface area is 87.5 Å². The van der Waals surface area contributed by atoms with Gasteiger partial charge in [0, 0.05) is 5.33 Å². The van der Waals surface area contributed by atoms with Crippen LogP contribution in [0.3, 0.4) is 0 Å². The third-order valence-corrected chi connectivity index (χ3v) is 2.30. The maximum atomic E-state index is 12.3. The normalized spacial score (nSPS) is 10.9. The highest BCUT2D eigenvalue weighted by Gasteiger charge is 2.17. The molecule has 1 aromatic rings. The van der Waals surface area contributed by atoms with Gasteiger partial charge in [0.1, 0.15) is 11.4 Å². The second-order valence-electron chi connectivity index (χ2n) is 2.59. The molecule has 0 aliphatic carbocycles. The van der Waals surface area contributed by atoms with Crippen molar-refractivity contribution in [3.05, 3.63) is 23.0 Å². The SMILES string of the molecule is OCc1nc(C(F)F)c(O)cc1CBr. The number of aromatic hydroxyl groups is 1. The molecule has 0 fully saturated rings. The van der Waals surface area contributed by atoms with E-state index in [0.29, 0.717) is 10.9 Å². The first kappa shape index (κ1) is 11.3. The lowest BCUT2D eigenvalue weighted by molar-refractivity contribution is 0.141. The van der Waals surface area contributed by atoms with Gasteiger partial charge in [0.05, 0.1) is 12.3 Å². The van der Waals surface area contributed by atoms with E-state index in [0.717, 1.165) is 0 Å². The van der Waals surface area contributed by atoms with E-state index in [1.165, 1.54) is 6.07 Å². The van der Waals surface area contributed by atoms with Gasteiger partial charge < -0.3 is 10.2 Å². The number of hydrogen-bond donors (Lipinski definition) is 2. The molecule has 0 aliphatic heterocycles. The third-order valence-electron chi connectivity index (χ3n) is 1.70. The zero-order chi connectivity index (χ0) is 10.7. The summed E-state index contributed by atoms with van der Waals surface area (Å²) in [5.41, 5.74) is -0.0527. The molecule has 0 atom stereocenters. The molecule has 0 aliphatic rings. The Morgan fingerprint density at radius 3 is 2.57 bits per heavy atom. The zero-order valence-electron chi connectivity index (χ0n) is 7.04. The highest BCUT2D eigenvalue weighted by Crippen LogP contribution is 2.28. The van der Waals surface area contributed by atoms with Gasteiger partial charge in [-0.25, -0.2) is 13.8 Å². The number of pyridine rings is 1. The Kier molecular flexibility index (Phi) is 3.77. The lowest BCUT2D eigenvalue weighted by Gasteiger charge is -2.08. The summed E-state index contributed by atoms with van der Waals surface area (Å²) in [6.07, 6.45) is -2.84. The van der Waals surface area contributed by atoms with Crippen LogP contribution in [-0.4, -0.2) is 15.2 Å². The summed E-state index contributed by atoms with van der Waals surface area (Å²) in [7, 11) is 0. The number of hydrogen-bond acceptors (Lipinski definition) is 3. The van der Waals surface area contributed by atoms with Crippen molar-refractivity contribution in [1.82, 2.24) is 4.98 Å². The molecular formula is C8H8BrF2NO2. The second kappa shape index (κ2) is 4.65. The van der Waals surface area contributed by atoms with Crippen LogP contribution in [0.5, 0.6) is 5.75 Å². The predicted molar refractivity (Wildman–Crippen MR) is 49.4 cm³/mol. The molecule has 0 saturated heterocycles. The summed E-state index contributed by atoms with van der Waals surface area (Å²) in [6, 6.07) is 1.18. The van der Waals surface area contributed by atoms with Crippen LogP contribution in [0.4, 0.5) is 8.78 Å². The highest BCUT2D eigenvalue weighted by atomic mass is 79.9. The first-order chi connectivity index (χ1) is 6.60. The Morgan fingerprint density at radius 1 is 1.50 bits per heavy atom. The van der Waals surface area contributed by atoms with Gasteiger partial charge in [0.25, 0.3) is 6.43 Å². The number of aromatic nitrogens is 1. The molecule has 3 nitrogen and oxygen atoms in total. The summed E-state index contributed by atoms with van der Waals surface area (Å²) in [6.45, 7) is -0.430. The van der Waals surface area contributed by atoms with Crippen molar-refractivity contribution in [3.8, 4) is 5.75 Å². The second-order valence-corrected chi connectivity index (χ2v) is 3.15. The van der Waals surface area contributed by atoms with E-state index < -0.39 is 24.5 Å². The molecule has 1 rings (SSSR count). The number of aliphatic hydroxyl groups is 1. The number of halogens is 3. The van der Waals surface area contributed by atoms with Crippen LogP contribution < -0.4 is 0 Å². The minimum Gasteiger partial charge on any atom is -0.506 e. The number of rotatable bonds is 3. The summed E-state index contributed by atoms with van der Waals surface area (Å²) >= 11 is 3.10. The van der Waals surface area contributed by atoms with Crippen LogP contribution in [0.2, 0.25) is 0 Å². The van der Waals surface area contributed by atoms with Gasteiger partial charge in [-0.15, -0.1) is 0 Å². The van der Waals surface area contributed by atoms with Gasteiger partial charge in [-0.3, -0.25) is 0 Å². The lowest BCUT2D eigenvalue weighted by atomic mass is 10.2. The fourth-order valence-electron chi connectivity index (χ4n) is 1.01. The third kappa shape index (κ3) is 2.19. The average molecular weight is 268 g/mol. The van der Waals surface area contributed by atoms with E-state index in [9.17, 15) is 8.78 Å². The molecule has 0 unspecified atom stereocenters. The van der Waals surface area contributed by atoms with Gasteiger partial charge in [-0.1, -0.05) is 15.9 Å². The van der Waals surface area contributed by atoms with Crippen LogP contribution in [-0.2, 0) is 11.9 Å². The summed E-state index contributed by atoms with van der Waals surface area (Å²) in [5, 5.41) is 18.3. The topological polar surface area (TPSA) is 53.4 Å². The standard InChI is InChI=1S/C8H8BrF2NO2/c9-2-4-1-6(14)7(8(10)11)12-5(4)3-13/h1,8,13-14H,2-3H2.